The van der Waals surface area contributed by atoms with E-state index >= 15 is 0 Å². The fourth-order valence-electron chi connectivity index (χ4n) is 2.84. The van der Waals surface area contributed by atoms with E-state index in [9.17, 15) is 14.9 Å². The maximum absolute atomic E-state index is 12.1. The molecular formula is C15H18ClN3O4. The second-order valence-electron chi connectivity index (χ2n) is 5.99. The number of hydrogen-bond donors (Lipinski definition) is 2. The van der Waals surface area contributed by atoms with Crippen molar-refractivity contribution in [1.82, 2.24) is 5.32 Å². The van der Waals surface area contributed by atoms with Crippen molar-refractivity contribution in [3.05, 3.63) is 33.3 Å². The van der Waals surface area contributed by atoms with Gasteiger partial charge >= 0.3 is 6.03 Å². The SMILES string of the molecule is O=C(Nc1ccc([N+](=O)[O-])c(Cl)c1)N[C@@H]1CCO[C@@H](C2CC2)C1. The van der Waals surface area contributed by atoms with Gasteiger partial charge in [-0.1, -0.05) is 11.6 Å². The van der Waals surface area contributed by atoms with Crippen LogP contribution in [0.25, 0.3) is 0 Å². The average Bonchev–Trinajstić information content (AvgIpc) is 3.31. The largest absolute Gasteiger partial charge is 0.378 e. The van der Waals surface area contributed by atoms with Crippen LogP contribution >= 0.6 is 11.6 Å². The maximum Gasteiger partial charge on any atom is 0.319 e. The van der Waals surface area contributed by atoms with Crippen LogP contribution in [0, 0.1) is 16.0 Å². The van der Waals surface area contributed by atoms with Gasteiger partial charge in [-0.2, -0.15) is 0 Å². The molecule has 2 aliphatic rings. The van der Waals surface area contributed by atoms with Gasteiger partial charge < -0.3 is 15.4 Å². The van der Waals surface area contributed by atoms with Crippen molar-refractivity contribution in [3.63, 3.8) is 0 Å². The molecule has 2 fully saturated rings. The topological polar surface area (TPSA) is 93.5 Å². The molecule has 0 radical (unpaired) electrons. The van der Waals surface area contributed by atoms with Crippen molar-refractivity contribution < 1.29 is 14.5 Å². The highest BCUT2D eigenvalue weighted by Crippen LogP contribution is 2.38. The highest BCUT2D eigenvalue weighted by Gasteiger charge is 2.36. The fraction of sp³-hybridized carbons (Fsp3) is 0.533. The van der Waals surface area contributed by atoms with E-state index in [1.165, 1.54) is 31.0 Å². The molecule has 0 spiro atoms. The summed E-state index contributed by atoms with van der Waals surface area (Å²) in [5.41, 5.74) is 0.234. The second-order valence-corrected chi connectivity index (χ2v) is 6.40. The predicted molar refractivity (Wildman–Crippen MR) is 85.7 cm³/mol. The summed E-state index contributed by atoms with van der Waals surface area (Å²) in [6.07, 6.45) is 4.30. The molecule has 0 unspecified atom stereocenters. The zero-order valence-electron chi connectivity index (χ0n) is 12.5. The van der Waals surface area contributed by atoms with Crippen molar-refractivity contribution in [2.45, 2.75) is 37.8 Å². The monoisotopic (exact) mass is 339 g/mol. The number of rotatable bonds is 4. The second kappa shape index (κ2) is 6.72. The molecule has 3 rings (SSSR count). The number of carbonyl (C=O) groups is 1. The number of anilines is 1. The van der Waals surface area contributed by atoms with Gasteiger partial charge in [0.2, 0.25) is 0 Å². The van der Waals surface area contributed by atoms with Gasteiger partial charge in [-0.15, -0.1) is 0 Å². The smallest absolute Gasteiger partial charge is 0.319 e. The van der Waals surface area contributed by atoms with Crippen LogP contribution in [0.2, 0.25) is 5.02 Å². The maximum atomic E-state index is 12.1. The molecule has 124 valence electrons. The third-order valence-electron chi connectivity index (χ3n) is 4.20. The van der Waals surface area contributed by atoms with E-state index in [-0.39, 0.29) is 28.9 Å². The van der Waals surface area contributed by atoms with Crippen molar-refractivity contribution in [3.8, 4) is 0 Å². The number of nitro benzene ring substituents is 1. The summed E-state index contributed by atoms with van der Waals surface area (Å²) >= 11 is 5.83. The van der Waals surface area contributed by atoms with E-state index in [2.05, 4.69) is 10.6 Å². The number of amides is 2. The summed E-state index contributed by atoms with van der Waals surface area (Å²) < 4.78 is 5.73. The molecule has 1 aromatic carbocycles. The Balaban J connectivity index is 1.54. The lowest BCUT2D eigenvalue weighted by Crippen LogP contribution is -2.44. The van der Waals surface area contributed by atoms with Crippen LogP contribution in [0.15, 0.2) is 18.2 Å². The molecule has 7 nitrogen and oxygen atoms in total. The molecular weight excluding hydrogens is 322 g/mol. The highest BCUT2D eigenvalue weighted by molar-refractivity contribution is 6.33. The van der Waals surface area contributed by atoms with Crippen LogP contribution in [0.5, 0.6) is 0 Å². The van der Waals surface area contributed by atoms with Crippen LogP contribution in [-0.4, -0.2) is 29.7 Å². The Morgan fingerprint density at radius 2 is 2.13 bits per heavy atom. The zero-order chi connectivity index (χ0) is 16.4. The molecule has 1 aliphatic carbocycles. The molecule has 8 heteroatoms. The highest BCUT2D eigenvalue weighted by atomic mass is 35.5. The summed E-state index contributed by atoms with van der Waals surface area (Å²) in [4.78, 5) is 22.2. The number of halogens is 1. The molecule has 0 aromatic heterocycles. The molecule has 1 aromatic rings. The minimum Gasteiger partial charge on any atom is -0.378 e. The van der Waals surface area contributed by atoms with Gasteiger partial charge in [0.25, 0.3) is 5.69 Å². The number of urea groups is 1. The van der Waals surface area contributed by atoms with Gasteiger partial charge in [-0.3, -0.25) is 10.1 Å². The van der Waals surface area contributed by atoms with Gasteiger partial charge in [0.1, 0.15) is 5.02 Å². The number of benzene rings is 1. The molecule has 1 saturated carbocycles. The summed E-state index contributed by atoms with van der Waals surface area (Å²) in [6.45, 7) is 0.662. The third-order valence-corrected chi connectivity index (χ3v) is 4.50. The summed E-state index contributed by atoms with van der Waals surface area (Å²) in [7, 11) is 0. The number of carbonyl (C=O) groups excluding carboxylic acids is 1. The number of hydrogen-bond acceptors (Lipinski definition) is 4. The van der Waals surface area contributed by atoms with E-state index in [1.807, 2.05) is 0 Å². The molecule has 23 heavy (non-hydrogen) atoms. The van der Waals surface area contributed by atoms with Gasteiger partial charge in [-0.05, 0) is 43.7 Å². The Morgan fingerprint density at radius 3 is 2.78 bits per heavy atom. The van der Waals surface area contributed by atoms with E-state index < -0.39 is 4.92 Å². The first-order valence-corrected chi connectivity index (χ1v) is 8.04. The third kappa shape index (κ3) is 4.11. The van der Waals surface area contributed by atoms with Crippen molar-refractivity contribution in [2.24, 2.45) is 5.92 Å². The van der Waals surface area contributed by atoms with E-state index in [1.54, 1.807) is 0 Å². The average molecular weight is 340 g/mol. The Hall–Kier alpha value is -1.86. The van der Waals surface area contributed by atoms with Crippen LogP contribution in [-0.2, 0) is 4.74 Å². The first-order valence-electron chi connectivity index (χ1n) is 7.66. The van der Waals surface area contributed by atoms with Crippen molar-refractivity contribution in [2.75, 3.05) is 11.9 Å². The molecule has 1 aliphatic heterocycles. The molecule has 1 saturated heterocycles. The van der Waals surface area contributed by atoms with Crippen LogP contribution in [0.1, 0.15) is 25.7 Å². The molecule has 2 amide bonds. The summed E-state index contributed by atoms with van der Waals surface area (Å²) in [5.74, 6) is 0.649. The normalized spacial score (nSPS) is 24.0. The van der Waals surface area contributed by atoms with Gasteiger partial charge in [0.15, 0.2) is 0 Å². The van der Waals surface area contributed by atoms with Crippen molar-refractivity contribution >= 4 is 29.0 Å². The molecule has 1 heterocycles. The van der Waals surface area contributed by atoms with Gasteiger partial charge in [0.05, 0.1) is 11.0 Å². The standard InChI is InChI=1S/C15H18ClN3O4/c16-12-7-10(3-4-13(12)19(21)22)17-15(20)18-11-5-6-23-14(8-11)9-1-2-9/h3-4,7,9,11,14H,1-2,5-6,8H2,(H2,17,18,20)/t11-,14-/m1/s1. The lowest BCUT2D eigenvalue weighted by Gasteiger charge is -2.30. The van der Waals surface area contributed by atoms with E-state index in [0.717, 1.165) is 12.8 Å². The fourth-order valence-corrected chi connectivity index (χ4v) is 3.09. The first kappa shape index (κ1) is 16.0. The van der Waals surface area contributed by atoms with Gasteiger partial charge in [-0.25, -0.2) is 4.79 Å². The Bertz CT molecular complexity index is 621. The van der Waals surface area contributed by atoms with Gasteiger partial charge in [0, 0.05) is 24.4 Å². The lowest BCUT2D eigenvalue weighted by atomic mass is 10.0. The quantitative estimate of drug-likeness (QED) is 0.650. The van der Waals surface area contributed by atoms with Crippen LogP contribution in [0.3, 0.4) is 0 Å². The van der Waals surface area contributed by atoms with Crippen LogP contribution < -0.4 is 10.6 Å². The van der Waals surface area contributed by atoms with Crippen LogP contribution in [0.4, 0.5) is 16.2 Å². The number of nitrogens with zero attached hydrogens (tertiary/aromatic N) is 1. The molecule has 2 N–H and O–H groups in total. The Morgan fingerprint density at radius 1 is 1.35 bits per heavy atom. The molecule has 2 atom stereocenters. The molecule has 0 bridgehead atoms. The Kier molecular flexibility index (Phi) is 4.68. The minimum atomic E-state index is -0.563. The first-order chi connectivity index (χ1) is 11.0. The van der Waals surface area contributed by atoms with E-state index in [0.29, 0.717) is 18.2 Å². The number of ether oxygens (including phenoxy) is 1. The Labute approximate surface area is 138 Å². The van der Waals surface area contributed by atoms with E-state index in [4.69, 9.17) is 16.3 Å². The predicted octanol–water partition coefficient (Wildman–Crippen LogP) is 3.33. The summed E-state index contributed by atoms with van der Waals surface area (Å²) in [6, 6.07) is 3.85. The number of nitro groups is 1. The minimum absolute atomic E-state index is 0.00679. The number of nitrogens with one attached hydrogen (secondary N) is 2. The summed E-state index contributed by atoms with van der Waals surface area (Å²) in [5, 5.41) is 16.3. The lowest BCUT2D eigenvalue weighted by molar-refractivity contribution is -0.384. The van der Waals surface area contributed by atoms with Crippen molar-refractivity contribution in [1.29, 1.82) is 0 Å². The zero-order valence-corrected chi connectivity index (χ0v) is 13.2.